The predicted octanol–water partition coefficient (Wildman–Crippen LogP) is -0.617. The Kier molecular flexibility index (Phi) is 4.73. The minimum atomic E-state index is -1.80. The number of carbonyl (C=O) groups is 2. The molecular formula is C11H12N2O7. The Labute approximate surface area is 112 Å². The summed E-state index contributed by atoms with van der Waals surface area (Å²) in [6.45, 7) is 0. The lowest BCUT2D eigenvalue weighted by atomic mass is 9.98. The first-order valence-corrected chi connectivity index (χ1v) is 5.38. The van der Waals surface area contributed by atoms with Gasteiger partial charge in [0.05, 0.1) is 23.0 Å². The number of phenolic OH excluding ortho intramolecular Hbond substituents is 1. The number of non-ortho nitro benzene ring substituents is 1. The summed E-state index contributed by atoms with van der Waals surface area (Å²) in [6, 6.07) is 1.62. The van der Waals surface area contributed by atoms with E-state index in [-0.39, 0.29) is 6.29 Å². The normalized spacial score (nSPS) is 13.5. The summed E-state index contributed by atoms with van der Waals surface area (Å²) >= 11 is 0. The van der Waals surface area contributed by atoms with Gasteiger partial charge in [-0.25, -0.2) is 0 Å². The Hall–Kier alpha value is -2.52. The van der Waals surface area contributed by atoms with Gasteiger partial charge >= 0.3 is 0 Å². The van der Waals surface area contributed by atoms with Crippen molar-refractivity contribution in [3.05, 3.63) is 33.4 Å². The second-order valence-electron chi connectivity index (χ2n) is 4.03. The van der Waals surface area contributed by atoms with Crippen molar-refractivity contribution >= 4 is 17.9 Å². The van der Waals surface area contributed by atoms with Gasteiger partial charge in [0, 0.05) is 17.7 Å². The zero-order chi connectivity index (χ0) is 15.4. The first kappa shape index (κ1) is 15.5. The summed E-state index contributed by atoms with van der Waals surface area (Å²) in [5.41, 5.74) is 3.44. The van der Waals surface area contributed by atoms with Gasteiger partial charge < -0.3 is 21.1 Å². The number of nitrogens with zero attached hydrogens (tertiary/aromatic N) is 1. The van der Waals surface area contributed by atoms with Crippen LogP contribution in [-0.2, 0) is 4.79 Å². The molecule has 0 spiro atoms. The monoisotopic (exact) mass is 284 g/mol. The number of nitro benzene ring substituents is 1. The summed E-state index contributed by atoms with van der Waals surface area (Å²) in [7, 11) is 0. The number of amides is 1. The quantitative estimate of drug-likeness (QED) is 0.307. The number of aromatic hydroxyl groups is 1. The Morgan fingerprint density at radius 1 is 1.45 bits per heavy atom. The van der Waals surface area contributed by atoms with Gasteiger partial charge in [0.15, 0.2) is 6.29 Å². The van der Waals surface area contributed by atoms with Crippen molar-refractivity contribution in [1.29, 1.82) is 0 Å². The molecule has 2 atom stereocenters. The maximum absolute atomic E-state index is 10.7. The highest BCUT2D eigenvalue weighted by molar-refractivity contribution is 5.81. The molecule has 1 aromatic rings. The van der Waals surface area contributed by atoms with Crippen LogP contribution in [0.25, 0.3) is 0 Å². The molecule has 0 aliphatic carbocycles. The maximum atomic E-state index is 10.7. The standard InChI is InChI=1S/C11H12N2O7/c12-9(16)3-8(15)11(18)7-2-6(13(19)20)1-5(4-14)10(7)17/h1-2,4,8,11,15,17-18H,3H2,(H2,12,16). The number of aliphatic hydroxyl groups excluding tert-OH is 2. The van der Waals surface area contributed by atoms with Crippen molar-refractivity contribution in [2.45, 2.75) is 18.6 Å². The lowest BCUT2D eigenvalue weighted by Crippen LogP contribution is -2.25. The molecule has 5 N–H and O–H groups in total. The molecule has 0 fully saturated rings. The van der Waals surface area contributed by atoms with Gasteiger partial charge in [-0.05, 0) is 0 Å². The molecule has 0 bridgehead atoms. The van der Waals surface area contributed by atoms with Crippen LogP contribution in [0.4, 0.5) is 5.69 Å². The lowest BCUT2D eigenvalue weighted by molar-refractivity contribution is -0.385. The highest BCUT2D eigenvalue weighted by Gasteiger charge is 2.27. The third kappa shape index (κ3) is 3.28. The van der Waals surface area contributed by atoms with E-state index in [0.717, 1.165) is 12.1 Å². The topological polar surface area (TPSA) is 164 Å². The van der Waals surface area contributed by atoms with Crippen molar-refractivity contribution in [3.63, 3.8) is 0 Å². The largest absolute Gasteiger partial charge is 0.507 e. The number of aldehydes is 1. The fraction of sp³-hybridized carbons (Fsp3) is 0.273. The molecule has 9 nitrogen and oxygen atoms in total. The number of rotatable bonds is 6. The highest BCUT2D eigenvalue weighted by atomic mass is 16.6. The van der Waals surface area contributed by atoms with E-state index in [9.17, 15) is 35.0 Å². The second kappa shape index (κ2) is 6.08. The van der Waals surface area contributed by atoms with E-state index in [4.69, 9.17) is 5.73 Å². The number of nitrogens with two attached hydrogens (primary N) is 1. The van der Waals surface area contributed by atoms with Gasteiger partial charge in [-0.15, -0.1) is 0 Å². The Bertz CT molecular complexity index is 558. The number of phenols is 1. The fourth-order valence-electron chi connectivity index (χ4n) is 1.61. The molecule has 0 saturated carbocycles. The SMILES string of the molecule is NC(=O)CC(O)C(O)c1cc([N+](=O)[O-])cc(C=O)c1O. The fourth-order valence-corrected chi connectivity index (χ4v) is 1.61. The van der Waals surface area contributed by atoms with Crippen molar-refractivity contribution < 1.29 is 29.8 Å². The van der Waals surface area contributed by atoms with E-state index >= 15 is 0 Å². The average Bonchev–Trinajstić information content (AvgIpc) is 2.37. The molecule has 20 heavy (non-hydrogen) atoms. The summed E-state index contributed by atoms with van der Waals surface area (Å²) in [6.07, 6.45) is -3.92. The molecule has 0 aromatic heterocycles. The van der Waals surface area contributed by atoms with Crippen LogP contribution in [0, 0.1) is 10.1 Å². The number of benzene rings is 1. The van der Waals surface area contributed by atoms with Gasteiger partial charge in [0.1, 0.15) is 11.9 Å². The molecule has 0 saturated heterocycles. The Balaban J connectivity index is 3.28. The van der Waals surface area contributed by atoms with Crippen LogP contribution in [-0.4, -0.2) is 38.5 Å². The molecule has 0 radical (unpaired) electrons. The second-order valence-corrected chi connectivity index (χ2v) is 4.03. The molecule has 9 heteroatoms. The minimum absolute atomic E-state index is 0.166. The number of hydrogen-bond donors (Lipinski definition) is 4. The molecule has 108 valence electrons. The predicted molar refractivity (Wildman–Crippen MR) is 64.9 cm³/mol. The van der Waals surface area contributed by atoms with E-state index < -0.39 is 52.0 Å². The van der Waals surface area contributed by atoms with E-state index in [2.05, 4.69) is 0 Å². The molecule has 0 aliphatic heterocycles. The summed E-state index contributed by atoms with van der Waals surface area (Å²) in [4.78, 5) is 31.2. The number of carbonyl (C=O) groups excluding carboxylic acids is 2. The Morgan fingerprint density at radius 3 is 2.50 bits per heavy atom. The van der Waals surface area contributed by atoms with E-state index in [1.54, 1.807) is 0 Å². The van der Waals surface area contributed by atoms with Crippen LogP contribution in [0.15, 0.2) is 12.1 Å². The molecule has 1 amide bonds. The smallest absolute Gasteiger partial charge is 0.270 e. The third-order valence-electron chi connectivity index (χ3n) is 2.58. The maximum Gasteiger partial charge on any atom is 0.270 e. The van der Waals surface area contributed by atoms with Crippen molar-refractivity contribution in [2.24, 2.45) is 5.73 Å². The van der Waals surface area contributed by atoms with Crippen LogP contribution in [0.5, 0.6) is 5.75 Å². The zero-order valence-corrected chi connectivity index (χ0v) is 10.1. The molecular weight excluding hydrogens is 272 g/mol. The van der Waals surface area contributed by atoms with Gasteiger partial charge in [0.2, 0.25) is 5.91 Å². The lowest BCUT2D eigenvalue weighted by Gasteiger charge is -2.18. The zero-order valence-electron chi connectivity index (χ0n) is 10.1. The minimum Gasteiger partial charge on any atom is -0.507 e. The number of aliphatic hydroxyl groups is 2. The first-order valence-electron chi connectivity index (χ1n) is 5.38. The summed E-state index contributed by atoms with van der Waals surface area (Å²) in [5, 5.41) is 39.7. The number of hydrogen-bond acceptors (Lipinski definition) is 7. The molecule has 1 aromatic carbocycles. The average molecular weight is 284 g/mol. The molecule has 1 rings (SSSR count). The van der Waals surface area contributed by atoms with Crippen LogP contribution in [0.2, 0.25) is 0 Å². The van der Waals surface area contributed by atoms with Gasteiger partial charge in [-0.2, -0.15) is 0 Å². The van der Waals surface area contributed by atoms with Crippen LogP contribution in [0.3, 0.4) is 0 Å². The van der Waals surface area contributed by atoms with Gasteiger partial charge in [0.25, 0.3) is 5.69 Å². The summed E-state index contributed by atoms with van der Waals surface area (Å²) < 4.78 is 0. The van der Waals surface area contributed by atoms with E-state index in [0.29, 0.717) is 0 Å². The van der Waals surface area contributed by atoms with Gasteiger partial charge in [-0.3, -0.25) is 19.7 Å². The third-order valence-corrected chi connectivity index (χ3v) is 2.58. The summed E-state index contributed by atoms with van der Waals surface area (Å²) in [5.74, 6) is -1.61. The number of primary amides is 1. The van der Waals surface area contributed by atoms with E-state index in [1.807, 2.05) is 0 Å². The van der Waals surface area contributed by atoms with Crippen LogP contribution < -0.4 is 5.73 Å². The van der Waals surface area contributed by atoms with E-state index in [1.165, 1.54) is 0 Å². The van der Waals surface area contributed by atoms with Crippen LogP contribution >= 0.6 is 0 Å². The van der Waals surface area contributed by atoms with Crippen molar-refractivity contribution in [1.82, 2.24) is 0 Å². The number of nitro groups is 1. The first-order chi connectivity index (χ1) is 9.27. The van der Waals surface area contributed by atoms with Crippen LogP contribution in [0.1, 0.15) is 28.4 Å². The van der Waals surface area contributed by atoms with Crippen molar-refractivity contribution in [3.8, 4) is 5.75 Å². The molecule has 2 unspecified atom stereocenters. The highest BCUT2D eigenvalue weighted by Crippen LogP contribution is 2.33. The Morgan fingerprint density at radius 2 is 2.05 bits per heavy atom. The van der Waals surface area contributed by atoms with Crippen molar-refractivity contribution in [2.75, 3.05) is 0 Å². The molecule has 0 aliphatic rings. The van der Waals surface area contributed by atoms with Gasteiger partial charge in [-0.1, -0.05) is 0 Å². The molecule has 0 heterocycles.